The van der Waals surface area contributed by atoms with Gasteiger partial charge in [-0.3, -0.25) is 9.59 Å². The Labute approximate surface area is 201 Å². The number of hydrogen-bond acceptors (Lipinski definition) is 3. The van der Waals surface area contributed by atoms with Gasteiger partial charge in [-0.25, -0.2) is 4.79 Å². The van der Waals surface area contributed by atoms with Crippen molar-refractivity contribution in [1.29, 1.82) is 0 Å². The zero-order valence-electron chi connectivity index (χ0n) is 19.7. The standard InChI is InChI=1S/C24H31F3N4O4/c1-14(2)13-19-20-16(15-7-3-4-8-17(15)29-20)10-12-31(19)21(32)18(30-23(34)35)9-5-6-11-28-22(33)24(25,26)27/h3-4,7-8,14,18-19,29-30H,5-6,9-13H2,1-2H3,(H,28,33)(H,34,35)/t18-,19?/m0/s1. The highest BCUT2D eigenvalue weighted by atomic mass is 19.4. The van der Waals surface area contributed by atoms with Crippen LogP contribution in [0.1, 0.15) is 56.8 Å². The lowest BCUT2D eigenvalue weighted by Gasteiger charge is -2.38. The minimum Gasteiger partial charge on any atom is -0.465 e. The quantitative estimate of drug-likeness (QED) is 0.391. The molecule has 0 fully saturated rings. The number of aromatic amines is 1. The average Bonchev–Trinajstić information content (AvgIpc) is 3.16. The summed E-state index contributed by atoms with van der Waals surface area (Å²) >= 11 is 0. The predicted octanol–water partition coefficient (Wildman–Crippen LogP) is 4.12. The van der Waals surface area contributed by atoms with Crippen molar-refractivity contribution in [1.82, 2.24) is 20.5 Å². The Kier molecular flexibility index (Phi) is 8.29. The first-order valence-corrected chi connectivity index (χ1v) is 11.7. The Balaban J connectivity index is 1.73. The number of carbonyl (C=O) groups excluding carboxylic acids is 2. The lowest BCUT2D eigenvalue weighted by Crippen LogP contribution is -2.51. The number of carboxylic acid groups (broad SMARTS) is 1. The molecule has 2 aromatic rings. The van der Waals surface area contributed by atoms with Crippen LogP contribution in [0.3, 0.4) is 0 Å². The molecule has 192 valence electrons. The second-order valence-corrected chi connectivity index (χ2v) is 9.24. The maximum Gasteiger partial charge on any atom is 0.471 e. The molecule has 0 spiro atoms. The van der Waals surface area contributed by atoms with Gasteiger partial charge in [0.25, 0.3) is 0 Å². The number of unbranched alkanes of at least 4 members (excludes halogenated alkanes) is 1. The molecule has 4 N–H and O–H groups in total. The summed E-state index contributed by atoms with van der Waals surface area (Å²) in [5.41, 5.74) is 3.11. The van der Waals surface area contributed by atoms with Crippen LogP contribution in [-0.4, -0.2) is 58.2 Å². The highest BCUT2D eigenvalue weighted by Crippen LogP contribution is 2.38. The molecule has 2 heterocycles. The number of nitrogens with zero attached hydrogens (tertiary/aromatic N) is 1. The van der Waals surface area contributed by atoms with E-state index in [-0.39, 0.29) is 43.7 Å². The van der Waals surface area contributed by atoms with Crippen LogP contribution < -0.4 is 10.6 Å². The lowest BCUT2D eigenvalue weighted by atomic mass is 9.90. The summed E-state index contributed by atoms with van der Waals surface area (Å²) in [7, 11) is 0. The monoisotopic (exact) mass is 496 g/mol. The third-order valence-corrected chi connectivity index (χ3v) is 6.19. The van der Waals surface area contributed by atoms with Crippen molar-refractivity contribution in [3.05, 3.63) is 35.5 Å². The molecule has 0 saturated carbocycles. The molecule has 1 aromatic heterocycles. The minimum atomic E-state index is -4.95. The fraction of sp³-hybridized carbons (Fsp3) is 0.542. The largest absolute Gasteiger partial charge is 0.471 e. The summed E-state index contributed by atoms with van der Waals surface area (Å²) < 4.78 is 36.9. The molecule has 3 rings (SSSR count). The first kappa shape index (κ1) is 26.4. The second kappa shape index (κ2) is 11.0. The van der Waals surface area contributed by atoms with E-state index in [0.717, 1.165) is 16.6 Å². The van der Waals surface area contributed by atoms with Crippen molar-refractivity contribution in [3.8, 4) is 0 Å². The van der Waals surface area contributed by atoms with Crippen LogP contribution in [-0.2, 0) is 16.0 Å². The van der Waals surface area contributed by atoms with E-state index in [1.54, 1.807) is 10.2 Å². The Morgan fingerprint density at radius 3 is 2.57 bits per heavy atom. The summed E-state index contributed by atoms with van der Waals surface area (Å²) in [5, 5.41) is 14.5. The number of H-pyrrole nitrogens is 1. The van der Waals surface area contributed by atoms with Crippen LogP contribution in [0, 0.1) is 5.92 Å². The maximum atomic E-state index is 13.5. The van der Waals surface area contributed by atoms with E-state index >= 15 is 0 Å². The van der Waals surface area contributed by atoms with E-state index < -0.39 is 24.2 Å². The van der Waals surface area contributed by atoms with Gasteiger partial charge in [-0.2, -0.15) is 13.2 Å². The Hall–Kier alpha value is -3.24. The number of carbonyl (C=O) groups is 3. The number of rotatable bonds is 9. The van der Waals surface area contributed by atoms with Gasteiger partial charge in [0, 0.05) is 29.7 Å². The molecule has 0 aliphatic carbocycles. The SMILES string of the molecule is CC(C)CC1c2[nH]c3ccccc3c2CCN1C(=O)[C@H](CCCCNC(=O)C(F)(F)F)NC(=O)O. The average molecular weight is 497 g/mol. The third-order valence-electron chi connectivity index (χ3n) is 6.19. The van der Waals surface area contributed by atoms with E-state index in [2.05, 4.69) is 24.1 Å². The van der Waals surface area contributed by atoms with Crippen LogP contribution in [0.2, 0.25) is 0 Å². The highest BCUT2D eigenvalue weighted by molar-refractivity contribution is 5.88. The molecule has 2 atom stereocenters. The first-order valence-electron chi connectivity index (χ1n) is 11.7. The number of fused-ring (bicyclic) bond motifs is 3. The molecule has 35 heavy (non-hydrogen) atoms. The summed E-state index contributed by atoms with van der Waals surface area (Å²) in [5.74, 6) is -2.11. The Bertz CT molecular complexity index is 1070. The number of benzene rings is 1. The molecular weight excluding hydrogens is 465 g/mol. The number of nitrogens with one attached hydrogen (secondary N) is 3. The molecule has 1 unspecified atom stereocenters. The van der Waals surface area contributed by atoms with Crippen molar-refractivity contribution >= 4 is 28.8 Å². The normalized spacial score (nSPS) is 16.7. The second-order valence-electron chi connectivity index (χ2n) is 9.24. The van der Waals surface area contributed by atoms with Gasteiger partial charge in [0.2, 0.25) is 5.91 Å². The molecule has 1 aliphatic heterocycles. The molecule has 11 heteroatoms. The topological polar surface area (TPSA) is 115 Å². The third kappa shape index (κ3) is 6.46. The first-order chi connectivity index (χ1) is 16.5. The van der Waals surface area contributed by atoms with Crippen LogP contribution in [0.25, 0.3) is 10.9 Å². The fourth-order valence-electron chi connectivity index (χ4n) is 4.66. The molecule has 1 aromatic carbocycles. The number of halogens is 3. The molecule has 0 saturated heterocycles. The molecular formula is C24H31F3N4O4. The zero-order valence-corrected chi connectivity index (χ0v) is 19.7. The number of aromatic nitrogens is 1. The van der Waals surface area contributed by atoms with Crippen LogP contribution >= 0.6 is 0 Å². The van der Waals surface area contributed by atoms with Gasteiger partial charge in [0.15, 0.2) is 0 Å². The fourth-order valence-corrected chi connectivity index (χ4v) is 4.66. The molecule has 1 aliphatic rings. The smallest absolute Gasteiger partial charge is 0.465 e. The lowest BCUT2D eigenvalue weighted by molar-refractivity contribution is -0.173. The summed E-state index contributed by atoms with van der Waals surface area (Å²) in [6, 6.07) is 6.65. The number of hydrogen-bond donors (Lipinski definition) is 4. The van der Waals surface area contributed by atoms with Gasteiger partial charge < -0.3 is 25.6 Å². The summed E-state index contributed by atoms with van der Waals surface area (Å²) in [6.07, 6.45) is -4.44. The van der Waals surface area contributed by atoms with Gasteiger partial charge in [0.05, 0.1) is 6.04 Å². The van der Waals surface area contributed by atoms with Crippen molar-refractivity contribution in [3.63, 3.8) is 0 Å². The maximum absolute atomic E-state index is 13.5. The van der Waals surface area contributed by atoms with Crippen molar-refractivity contribution in [2.24, 2.45) is 5.92 Å². The number of para-hydroxylation sites is 1. The summed E-state index contributed by atoms with van der Waals surface area (Å²) in [4.78, 5) is 41.0. The van der Waals surface area contributed by atoms with Crippen LogP contribution in [0.5, 0.6) is 0 Å². The van der Waals surface area contributed by atoms with Crippen molar-refractivity contribution in [2.75, 3.05) is 13.1 Å². The Morgan fingerprint density at radius 2 is 1.91 bits per heavy atom. The Morgan fingerprint density at radius 1 is 1.20 bits per heavy atom. The molecule has 0 bridgehead atoms. The van der Waals surface area contributed by atoms with E-state index in [9.17, 15) is 32.7 Å². The molecule has 3 amide bonds. The zero-order chi connectivity index (χ0) is 25.8. The van der Waals surface area contributed by atoms with Crippen LogP contribution in [0.15, 0.2) is 24.3 Å². The van der Waals surface area contributed by atoms with Gasteiger partial charge >= 0.3 is 18.2 Å². The van der Waals surface area contributed by atoms with Crippen molar-refractivity contribution < 1.29 is 32.7 Å². The minimum absolute atomic E-state index is 0.109. The van der Waals surface area contributed by atoms with Gasteiger partial charge in [-0.15, -0.1) is 0 Å². The number of amides is 3. The number of alkyl halides is 3. The van der Waals surface area contributed by atoms with E-state index in [1.165, 1.54) is 5.56 Å². The predicted molar refractivity (Wildman–Crippen MR) is 124 cm³/mol. The highest BCUT2D eigenvalue weighted by Gasteiger charge is 2.38. The van der Waals surface area contributed by atoms with Gasteiger partial charge in [-0.05, 0) is 49.7 Å². The summed E-state index contributed by atoms with van der Waals surface area (Å²) in [6.45, 7) is 4.33. The van der Waals surface area contributed by atoms with Gasteiger partial charge in [-0.1, -0.05) is 32.0 Å². The van der Waals surface area contributed by atoms with E-state index in [0.29, 0.717) is 19.4 Å². The molecule has 0 radical (unpaired) electrons. The van der Waals surface area contributed by atoms with E-state index in [4.69, 9.17) is 0 Å². The van der Waals surface area contributed by atoms with Crippen molar-refractivity contribution in [2.45, 2.75) is 64.2 Å². The molecule has 8 nitrogen and oxygen atoms in total. The van der Waals surface area contributed by atoms with E-state index in [1.807, 2.05) is 24.3 Å². The van der Waals surface area contributed by atoms with Crippen LogP contribution in [0.4, 0.5) is 18.0 Å². The van der Waals surface area contributed by atoms with Gasteiger partial charge in [0.1, 0.15) is 6.04 Å².